The van der Waals surface area contributed by atoms with Crippen LogP contribution >= 0.6 is 0 Å². The molecule has 5 heteroatoms. The lowest BCUT2D eigenvalue weighted by molar-refractivity contribution is -0.118. The fraction of sp³-hybridized carbons (Fsp3) is 0.188. The van der Waals surface area contributed by atoms with E-state index in [0.29, 0.717) is 11.3 Å². The van der Waals surface area contributed by atoms with Crippen LogP contribution in [0.2, 0.25) is 0 Å². The van der Waals surface area contributed by atoms with Gasteiger partial charge in [-0.15, -0.1) is 0 Å². The van der Waals surface area contributed by atoms with Gasteiger partial charge in [0.2, 0.25) is 0 Å². The van der Waals surface area contributed by atoms with Crippen molar-refractivity contribution in [3.05, 3.63) is 59.4 Å². The second-order valence-electron chi connectivity index (χ2n) is 4.54. The number of aliphatic hydroxyl groups excluding tert-OH is 1. The Kier molecular flexibility index (Phi) is 4.90. The van der Waals surface area contributed by atoms with E-state index < -0.39 is 11.7 Å². The third-order valence-corrected chi connectivity index (χ3v) is 2.99. The number of aliphatic hydroxyl groups is 1. The number of carbonyl (C=O) groups excluding carboxylic acids is 1. The normalized spacial score (nSPS) is 10.2. The number of aryl methyl sites for hydroxylation is 1. The zero-order valence-electron chi connectivity index (χ0n) is 11.6. The first-order valence-corrected chi connectivity index (χ1v) is 6.48. The van der Waals surface area contributed by atoms with E-state index in [4.69, 9.17) is 9.84 Å². The summed E-state index contributed by atoms with van der Waals surface area (Å²) in [7, 11) is 0. The first-order valence-electron chi connectivity index (χ1n) is 6.48. The van der Waals surface area contributed by atoms with Crippen LogP contribution in [0.5, 0.6) is 5.75 Å². The van der Waals surface area contributed by atoms with Crippen LogP contribution in [0, 0.1) is 12.7 Å². The molecule has 2 aromatic rings. The van der Waals surface area contributed by atoms with Crippen molar-refractivity contribution >= 4 is 11.6 Å². The van der Waals surface area contributed by atoms with Gasteiger partial charge in [-0.05, 0) is 24.6 Å². The maximum Gasteiger partial charge on any atom is 0.262 e. The molecule has 0 radical (unpaired) electrons. The van der Waals surface area contributed by atoms with Crippen molar-refractivity contribution in [2.75, 3.05) is 11.9 Å². The van der Waals surface area contributed by atoms with Crippen LogP contribution in [-0.4, -0.2) is 17.6 Å². The standard InChI is InChI=1S/C16H16FNO3/c1-11-5-2-3-8-14(11)18-15(20)10-21-16-12(9-19)6-4-7-13(16)17/h2-8,19H,9-10H2,1H3,(H,18,20). The van der Waals surface area contributed by atoms with E-state index in [9.17, 15) is 9.18 Å². The van der Waals surface area contributed by atoms with Gasteiger partial charge in [-0.1, -0.05) is 30.3 Å². The van der Waals surface area contributed by atoms with E-state index in [0.717, 1.165) is 5.56 Å². The molecule has 0 saturated carbocycles. The summed E-state index contributed by atoms with van der Waals surface area (Å²) in [6.07, 6.45) is 0. The first kappa shape index (κ1) is 15.0. The number of para-hydroxylation sites is 2. The number of hydrogen-bond acceptors (Lipinski definition) is 3. The molecule has 0 fully saturated rings. The predicted octanol–water partition coefficient (Wildman–Crippen LogP) is 2.64. The molecule has 0 aliphatic heterocycles. The average molecular weight is 289 g/mol. The first-order chi connectivity index (χ1) is 10.1. The predicted molar refractivity (Wildman–Crippen MR) is 77.6 cm³/mol. The molecule has 0 aromatic heterocycles. The van der Waals surface area contributed by atoms with Gasteiger partial charge in [0.25, 0.3) is 5.91 Å². The topological polar surface area (TPSA) is 58.6 Å². The Morgan fingerprint density at radius 2 is 2.00 bits per heavy atom. The van der Waals surface area contributed by atoms with Gasteiger partial charge in [0, 0.05) is 11.3 Å². The minimum absolute atomic E-state index is 0.0973. The minimum atomic E-state index is -0.606. The van der Waals surface area contributed by atoms with Crippen LogP contribution in [0.4, 0.5) is 10.1 Å². The van der Waals surface area contributed by atoms with Crippen LogP contribution in [-0.2, 0) is 11.4 Å². The Balaban J connectivity index is 2.01. The van der Waals surface area contributed by atoms with Crippen molar-refractivity contribution in [3.63, 3.8) is 0 Å². The molecule has 2 aromatic carbocycles. The Morgan fingerprint density at radius 1 is 1.24 bits per heavy atom. The number of anilines is 1. The Hall–Kier alpha value is -2.40. The monoisotopic (exact) mass is 289 g/mol. The highest BCUT2D eigenvalue weighted by molar-refractivity contribution is 5.92. The Bertz CT molecular complexity index is 643. The number of carbonyl (C=O) groups is 1. The van der Waals surface area contributed by atoms with Crippen molar-refractivity contribution in [1.29, 1.82) is 0 Å². The third-order valence-electron chi connectivity index (χ3n) is 2.99. The van der Waals surface area contributed by atoms with E-state index in [-0.39, 0.29) is 19.0 Å². The second-order valence-corrected chi connectivity index (χ2v) is 4.54. The molecule has 0 heterocycles. The van der Waals surface area contributed by atoms with Crippen LogP contribution in [0.15, 0.2) is 42.5 Å². The van der Waals surface area contributed by atoms with Gasteiger partial charge in [0.15, 0.2) is 18.2 Å². The molecule has 0 saturated heterocycles. The van der Waals surface area contributed by atoms with Crippen molar-refractivity contribution in [1.82, 2.24) is 0 Å². The highest BCUT2D eigenvalue weighted by atomic mass is 19.1. The minimum Gasteiger partial charge on any atom is -0.480 e. The van der Waals surface area contributed by atoms with E-state index in [2.05, 4.69) is 5.32 Å². The summed E-state index contributed by atoms with van der Waals surface area (Å²) in [5.74, 6) is -1.10. The molecule has 0 bridgehead atoms. The number of rotatable bonds is 5. The lowest BCUT2D eigenvalue weighted by atomic mass is 10.2. The number of halogens is 1. The maximum absolute atomic E-state index is 13.6. The second kappa shape index (κ2) is 6.85. The molecule has 21 heavy (non-hydrogen) atoms. The van der Waals surface area contributed by atoms with Crippen molar-refractivity contribution < 1.29 is 19.0 Å². The Labute approximate surface area is 122 Å². The van der Waals surface area contributed by atoms with Gasteiger partial charge in [-0.3, -0.25) is 4.79 Å². The van der Waals surface area contributed by atoms with Crippen LogP contribution < -0.4 is 10.1 Å². The quantitative estimate of drug-likeness (QED) is 0.889. The van der Waals surface area contributed by atoms with Gasteiger partial charge in [-0.2, -0.15) is 0 Å². The van der Waals surface area contributed by atoms with E-state index >= 15 is 0 Å². The fourth-order valence-corrected chi connectivity index (χ4v) is 1.88. The zero-order chi connectivity index (χ0) is 15.2. The molecule has 1 amide bonds. The van der Waals surface area contributed by atoms with Gasteiger partial charge >= 0.3 is 0 Å². The molecule has 2 rings (SSSR count). The van der Waals surface area contributed by atoms with Gasteiger partial charge in [0.05, 0.1) is 6.61 Å². The van der Waals surface area contributed by atoms with Gasteiger partial charge in [-0.25, -0.2) is 4.39 Å². The highest BCUT2D eigenvalue weighted by Gasteiger charge is 2.12. The van der Waals surface area contributed by atoms with Crippen molar-refractivity contribution in [2.45, 2.75) is 13.5 Å². The van der Waals surface area contributed by atoms with Crippen molar-refractivity contribution in [2.24, 2.45) is 0 Å². The van der Waals surface area contributed by atoms with Crippen molar-refractivity contribution in [3.8, 4) is 5.75 Å². The molecule has 0 aliphatic carbocycles. The molecule has 0 aliphatic rings. The van der Waals surface area contributed by atoms with Crippen LogP contribution in [0.25, 0.3) is 0 Å². The summed E-state index contributed by atoms with van der Waals surface area (Å²) in [5.41, 5.74) is 1.91. The number of nitrogens with one attached hydrogen (secondary N) is 1. The SMILES string of the molecule is Cc1ccccc1NC(=O)COc1c(F)cccc1CO. The summed E-state index contributed by atoms with van der Waals surface area (Å²) in [6.45, 7) is 1.19. The Morgan fingerprint density at radius 3 is 2.71 bits per heavy atom. The van der Waals surface area contributed by atoms with Crippen LogP contribution in [0.3, 0.4) is 0 Å². The fourth-order valence-electron chi connectivity index (χ4n) is 1.88. The third kappa shape index (κ3) is 3.79. The lowest BCUT2D eigenvalue weighted by Gasteiger charge is -2.12. The molecule has 0 unspecified atom stereocenters. The summed E-state index contributed by atoms with van der Waals surface area (Å²) >= 11 is 0. The number of benzene rings is 2. The number of hydrogen-bond donors (Lipinski definition) is 2. The molecule has 4 nitrogen and oxygen atoms in total. The highest BCUT2D eigenvalue weighted by Crippen LogP contribution is 2.22. The lowest BCUT2D eigenvalue weighted by Crippen LogP contribution is -2.21. The smallest absolute Gasteiger partial charge is 0.262 e. The molecular weight excluding hydrogens is 273 g/mol. The number of ether oxygens (including phenoxy) is 1. The summed E-state index contributed by atoms with van der Waals surface area (Å²) in [5, 5.41) is 11.8. The number of amides is 1. The summed E-state index contributed by atoms with van der Waals surface area (Å²) in [6, 6.07) is 11.6. The van der Waals surface area contributed by atoms with Gasteiger partial charge in [0.1, 0.15) is 0 Å². The summed E-state index contributed by atoms with van der Waals surface area (Å²) in [4.78, 5) is 11.8. The summed E-state index contributed by atoms with van der Waals surface area (Å²) < 4.78 is 18.8. The maximum atomic E-state index is 13.6. The van der Waals surface area contributed by atoms with E-state index in [1.54, 1.807) is 6.07 Å². The molecule has 110 valence electrons. The average Bonchev–Trinajstić information content (AvgIpc) is 2.48. The van der Waals surface area contributed by atoms with E-state index in [1.165, 1.54) is 18.2 Å². The van der Waals surface area contributed by atoms with Crippen LogP contribution in [0.1, 0.15) is 11.1 Å². The zero-order valence-corrected chi connectivity index (χ0v) is 11.6. The molecular formula is C16H16FNO3. The van der Waals surface area contributed by atoms with E-state index in [1.807, 2.05) is 25.1 Å². The largest absolute Gasteiger partial charge is 0.480 e. The molecule has 2 N–H and O–H groups in total. The molecule has 0 spiro atoms. The van der Waals surface area contributed by atoms with Gasteiger partial charge < -0.3 is 15.2 Å². The molecule has 0 atom stereocenters.